The number of nitriles is 1. The van der Waals surface area contributed by atoms with Crippen LogP contribution < -0.4 is 0 Å². The van der Waals surface area contributed by atoms with Gasteiger partial charge in [0.05, 0.1) is 17.2 Å². The van der Waals surface area contributed by atoms with Crippen molar-refractivity contribution in [3.8, 4) is 6.07 Å². The molecule has 27 heavy (non-hydrogen) atoms. The minimum absolute atomic E-state index is 0.342. The van der Waals surface area contributed by atoms with Gasteiger partial charge in [-0.15, -0.1) is 0 Å². The first-order valence-corrected chi connectivity index (χ1v) is 7.88. The van der Waals surface area contributed by atoms with Crippen molar-refractivity contribution in [3.63, 3.8) is 0 Å². The lowest BCUT2D eigenvalue weighted by atomic mass is 9.91. The summed E-state index contributed by atoms with van der Waals surface area (Å²) in [4.78, 5) is 0. The van der Waals surface area contributed by atoms with Gasteiger partial charge in [-0.05, 0) is 60.7 Å². The van der Waals surface area contributed by atoms with E-state index in [4.69, 9.17) is 5.26 Å². The Bertz CT molecular complexity index is 913. The van der Waals surface area contributed by atoms with Crippen LogP contribution in [0.1, 0.15) is 41.7 Å². The predicted molar refractivity (Wildman–Crippen MR) is 89.6 cm³/mol. The van der Waals surface area contributed by atoms with E-state index in [0.717, 1.165) is 0 Å². The van der Waals surface area contributed by atoms with E-state index in [0.29, 0.717) is 40.5 Å². The highest BCUT2D eigenvalue weighted by Gasteiger charge is 2.37. The molecule has 142 valence electrons. The molecule has 0 unspecified atom stereocenters. The van der Waals surface area contributed by atoms with Crippen molar-refractivity contribution in [3.05, 3.63) is 75.9 Å². The summed E-state index contributed by atoms with van der Waals surface area (Å²) in [5.74, 6) is 0. The van der Waals surface area contributed by atoms with Crippen LogP contribution in [0.3, 0.4) is 0 Å². The lowest BCUT2D eigenvalue weighted by molar-refractivity contribution is -0.141. The van der Waals surface area contributed by atoms with Gasteiger partial charge in [-0.2, -0.15) is 31.6 Å². The average molecular weight is 383 g/mol. The summed E-state index contributed by atoms with van der Waals surface area (Å²) < 4.78 is 78.8. The highest BCUT2D eigenvalue weighted by molar-refractivity contribution is 5.72. The van der Waals surface area contributed by atoms with E-state index in [2.05, 4.69) is 0 Å². The minimum Gasteiger partial charge on any atom is -0.193 e. The van der Waals surface area contributed by atoms with E-state index >= 15 is 0 Å². The van der Waals surface area contributed by atoms with E-state index in [1.165, 1.54) is 0 Å². The first-order chi connectivity index (χ1) is 12.4. The summed E-state index contributed by atoms with van der Waals surface area (Å²) in [6, 6.07) is 9.83. The van der Waals surface area contributed by atoms with Gasteiger partial charge >= 0.3 is 12.4 Å². The molecule has 1 nitrogen and oxygen atoms in total. The Morgan fingerprint density at radius 3 is 2.07 bits per heavy atom. The Morgan fingerprint density at radius 2 is 1.52 bits per heavy atom. The van der Waals surface area contributed by atoms with Gasteiger partial charge in [0.2, 0.25) is 0 Å². The van der Waals surface area contributed by atoms with Crippen molar-refractivity contribution in [2.45, 2.75) is 32.6 Å². The monoisotopic (exact) mass is 383 g/mol. The van der Waals surface area contributed by atoms with E-state index in [-0.39, 0.29) is 6.42 Å². The second-order valence-corrected chi connectivity index (χ2v) is 6.06. The summed E-state index contributed by atoms with van der Waals surface area (Å²) in [7, 11) is 0. The Morgan fingerprint density at radius 1 is 0.889 bits per heavy atom. The molecule has 0 aliphatic heterocycles. The predicted octanol–water partition coefficient (Wildman–Crippen LogP) is 6.63. The summed E-state index contributed by atoms with van der Waals surface area (Å²) in [5, 5.41) is 9.04. The lowest BCUT2D eigenvalue weighted by Crippen LogP contribution is -2.13. The number of hydrogen-bond acceptors (Lipinski definition) is 1. The molecule has 0 spiro atoms. The van der Waals surface area contributed by atoms with Crippen LogP contribution in [-0.4, -0.2) is 0 Å². The van der Waals surface area contributed by atoms with E-state index in [1.54, 1.807) is 38.1 Å². The van der Waals surface area contributed by atoms with Crippen LogP contribution in [0.15, 0.2) is 48.0 Å². The molecule has 0 aliphatic rings. The minimum atomic E-state index is -4.78. The molecule has 2 rings (SSSR count). The molecule has 2 aromatic rings. The zero-order valence-electron chi connectivity index (χ0n) is 14.5. The summed E-state index contributed by atoms with van der Waals surface area (Å²) in [5.41, 5.74) is -0.827. The largest absolute Gasteiger partial charge is 0.416 e. The van der Waals surface area contributed by atoms with Crippen molar-refractivity contribution in [2.24, 2.45) is 0 Å². The van der Waals surface area contributed by atoms with Gasteiger partial charge in [-0.3, -0.25) is 0 Å². The van der Waals surface area contributed by atoms with Gasteiger partial charge in [0.15, 0.2) is 0 Å². The fourth-order valence-electron chi connectivity index (χ4n) is 2.72. The highest BCUT2D eigenvalue weighted by atomic mass is 19.4. The molecule has 0 atom stereocenters. The van der Waals surface area contributed by atoms with Crippen molar-refractivity contribution in [1.29, 1.82) is 5.26 Å². The van der Waals surface area contributed by atoms with E-state index < -0.39 is 29.0 Å². The third-order valence-corrected chi connectivity index (χ3v) is 4.27. The topological polar surface area (TPSA) is 23.8 Å². The van der Waals surface area contributed by atoms with Crippen molar-refractivity contribution in [1.82, 2.24) is 0 Å². The summed E-state index contributed by atoms with van der Waals surface area (Å²) in [6.45, 7) is 3.21. The number of rotatable bonds is 3. The quantitative estimate of drug-likeness (QED) is 0.431. The van der Waals surface area contributed by atoms with Crippen LogP contribution in [-0.2, 0) is 18.8 Å². The fraction of sp³-hybridized carbons (Fsp3) is 0.250. The third kappa shape index (κ3) is 4.70. The molecule has 0 saturated carbocycles. The van der Waals surface area contributed by atoms with Crippen molar-refractivity contribution >= 4 is 5.57 Å². The molecule has 0 amide bonds. The Kier molecular flexibility index (Phi) is 5.69. The van der Waals surface area contributed by atoms with Crippen LogP contribution >= 0.6 is 0 Å². The van der Waals surface area contributed by atoms with Crippen LogP contribution in [0.4, 0.5) is 26.3 Å². The maximum absolute atomic E-state index is 13.3. The van der Waals surface area contributed by atoms with Gasteiger partial charge in [0, 0.05) is 5.57 Å². The number of hydrogen-bond donors (Lipinski definition) is 0. The van der Waals surface area contributed by atoms with Gasteiger partial charge in [0.25, 0.3) is 0 Å². The van der Waals surface area contributed by atoms with Crippen LogP contribution in [0, 0.1) is 11.3 Å². The standard InChI is InChI=1S/C20H15F6N/c1-12(11-27)13(2)17-6-4-3-5-14(17)9-15-10-16(19(21,22)23)7-8-18(15)20(24,25)26/h3-8,10H,9H2,1-2H3/b13-12-. The lowest BCUT2D eigenvalue weighted by Gasteiger charge is -2.17. The SMILES string of the molecule is C/C(C#N)=C(\C)c1ccccc1Cc1cc(C(F)(F)F)ccc1C(F)(F)F. The number of alkyl halides is 6. The van der Waals surface area contributed by atoms with Crippen LogP contribution in [0.2, 0.25) is 0 Å². The Balaban J connectivity index is 2.63. The molecule has 0 N–H and O–H groups in total. The van der Waals surface area contributed by atoms with Crippen molar-refractivity contribution in [2.75, 3.05) is 0 Å². The summed E-state index contributed by atoms with van der Waals surface area (Å²) >= 11 is 0. The maximum Gasteiger partial charge on any atom is 0.416 e. The fourth-order valence-corrected chi connectivity index (χ4v) is 2.72. The first-order valence-electron chi connectivity index (χ1n) is 7.88. The van der Waals surface area contributed by atoms with Gasteiger partial charge in [-0.25, -0.2) is 0 Å². The zero-order valence-corrected chi connectivity index (χ0v) is 14.5. The molecule has 0 heterocycles. The molecular weight excluding hydrogens is 368 g/mol. The number of allylic oxidation sites excluding steroid dienone is 2. The zero-order chi connectivity index (χ0) is 20.4. The van der Waals surface area contributed by atoms with Gasteiger partial charge < -0.3 is 0 Å². The molecule has 0 radical (unpaired) electrons. The Labute approximate surface area is 152 Å². The van der Waals surface area contributed by atoms with E-state index in [1.807, 2.05) is 6.07 Å². The van der Waals surface area contributed by atoms with Crippen molar-refractivity contribution < 1.29 is 26.3 Å². The summed E-state index contributed by atoms with van der Waals surface area (Å²) in [6.07, 6.45) is -9.86. The molecular formula is C20H15F6N. The maximum atomic E-state index is 13.3. The molecule has 2 aromatic carbocycles. The van der Waals surface area contributed by atoms with E-state index in [9.17, 15) is 26.3 Å². The van der Waals surface area contributed by atoms with Crippen LogP contribution in [0.25, 0.3) is 5.57 Å². The smallest absolute Gasteiger partial charge is 0.193 e. The third-order valence-electron chi connectivity index (χ3n) is 4.27. The number of nitrogens with zero attached hydrogens (tertiary/aromatic N) is 1. The second kappa shape index (κ2) is 7.47. The molecule has 0 bridgehead atoms. The molecule has 0 aromatic heterocycles. The van der Waals surface area contributed by atoms with Gasteiger partial charge in [0.1, 0.15) is 0 Å². The molecule has 7 heteroatoms. The normalized spacial score (nSPS) is 13.1. The average Bonchev–Trinajstić information content (AvgIpc) is 2.59. The Hall–Kier alpha value is -2.75. The highest BCUT2D eigenvalue weighted by Crippen LogP contribution is 2.38. The molecule has 0 fully saturated rings. The number of benzene rings is 2. The van der Waals surface area contributed by atoms with Gasteiger partial charge in [-0.1, -0.05) is 24.3 Å². The number of halogens is 6. The second-order valence-electron chi connectivity index (χ2n) is 6.06. The molecule has 0 saturated heterocycles. The van der Waals surface area contributed by atoms with Crippen LogP contribution in [0.5, 0.6) is 0 Å². The first kappa shape index (κ1) is 20.6. The molecule has 0 aliphatic carbocycles.